The van der Waals surface area contributed by atoms with Crippen LogP contribution < -0.4 is 10.6 Å². The molecule has 2 bridgehead atoms. The highest BCUT2D eigenvalue weighted by Gasteiger charge is 2.41. The smallest absolute Gasteiger partial charge is 0.191 e. The number of likely N-dealkylation sites (tertiary alicyclic amines) is 1. The summed E-state index contributed by atoms with van der Waals surface area (Å²) >= 11 is 0. The normalized spacial score (nSPS) is 38.9. The molecule has 0 aliphatic carbocycles. The van der Waals surface area contributed by atoms with E-state index in [0.29, 0.717) is 18.2 Å². The summed E-state index contributed by atoms with van der Waals surface area (Å²) < 4.78 is 5.87. The molecule has 0 saturated carbocycles. The van der Waals surface area contributed by atoms with Gasteiger partial charge in [-0.05, 0) is 45.2 Å². The summed E-state index contributed by atoms with van der Waals surface area (Å²) in [5, 5.41) is 7.01. The van der Waals surface area contributed by atoms with Crippen molar-refractivity contribution in [3.63, 3.8) is 0 Å². The molecule has 4 unspecified atom stereocenters. The summed E-state index contributed by atoms with van der Waals surface area (Å²) in [5.74, 6) is 1.69. The Balaban J connectivity index is 1.43. The molecular weight excluding hydrogens is 240 g/mol. The Kier molecular flexibility index (Phi) is 3.93. The number of nitrogens with one attached hydrogen (secondary N) is 2. The van der Waals surface area contributed by atoms with Crippen LogP contribution in [-0.2, 0) is 4.74 Å². The molecule has 3 heterocycles. The number of rotatable bonds is 3. The SMILES string of the molecule is CN=C(NCC1CCN(C)C1)NC1CC2CCC1O2. The fraction of sp³-hybridized carbons (Fsp3) is 0.929. The maximum Gasteiger partial charge on any atom is 0.191 e. The van der Waals surface area contributed by atoms with Crippen LogP contribution in [0.15, 0.2) is 4.99 Å². The lowest BCUT2D eigenvalue weighted by Crippen LogP contribution is -2.48. The summed E-state index contributed by atoms with van der Waals surface area (Å²) in [5.41, 5.74) is 0. The van der Waals surface area contributed by atoms with Crippen molar-refractivity contribution in [1.82, 2.24) is 15.5 Å². The zero-order valence-electron chi connectivity index (χ0n) is 12.1. The van der Waals surface area contributed by atoms with E-state index < -0.39 is 0 Å². The van der Waals surface area contributed by atoms with Gasteiger partial charge in [0.25, 0.3) is 0 Å². The molecule has 4 atom stereocenters. The molecule has 3 saturated heterocycles. The van der Waals surface area contributed by atoms with Crippen LogP contribution in [-0.4, -0.2) is 62.8 Å². The molecule has 0 aromatic carbocycles. The summed E-state index contributed by atoms with van der Waals surface area (Å²) in [6, 6.07) is 0.455. The Bertz CT molecular complexity index is 346. The lowest BCUT2D eigenvalue weighted by molar-refractivity contribution is 0.0992. The molecule has 5 heteroatoms. The van der Waals surface area contributed by atoms with Crippen LogP contribution in [0.5, 0.6) is 0 Å². The molecule has 0 aromatic heterocycles. The van der Waals surface area contributed by atoms with E-state index in [4.69, 9.17) is 4.74 Å². The molecule has 19 heavy (non-hydrogen) atoms. The molecule has 0 radical (unpaired) electrons. The molecule has 3 aliphatic rings. The molecule has 5 nitrogen and oxygen atoms in total. The molecule has 3 rings (SSSR count). The van der Waals surface area contributed by atoms with Gasteiger partial charge in [-0.1, -0.05) is 0 Å². The van der Waals surface area contributed by atoms with Gasteiger partial charge in [0.15, 0.2) is 5.96 Å². The monoisotopic (exact) mass is 266 g/mol. The topological polar surface area (TPSA) is 48.9 Å². The maximum absolute atomic E-state index is 5.87. The quantitative estimate of drug-likeness (QED) is 0.574. The predicted octanol–water partition coefficient (Wildman–Crippen LogP) is 0.423. The highest BCUT2D eigenvalue weighted by Crippen LogP contribution is 2.34. The van der Waals surface area contributed by atoms with Crippen LogP contribution in [0.1, 0.15) is 25.7 Å². The van der Waals surface area contributed by atoms with Crippen LogP contribution in [0.25, 0.3) is 0 Å². The van der Waals surface area contributed by atoms with E-state index in [1.807, 2.05) is 7.05 Å². The minimum absolute atomic E-state index is 0.404. The molecule has 3 fully saturated rings. The first-order chi connectivity index (χ1) is 9.24. The Labute approximate surface area is 115 Å². The van der Waals surface area contributed by atoms with Crippen LogP contribution in [0.4, 0.5) is 0 Å². The molecule has 3 aliphatic heterocycles. The average Bonchev–Trinajstić information content (AvgIpc) is 3.11. The molecule has 108 valence electrons. The minimum atomic E-state index is 0.404. The molecule has 0 spiro atoms. The second kappa shape index (κ2) is 5.67. The van der Waals surface area contributed by atoms with Crippen molar-refractivity contribution in [3.05, 3.63) is 0 Å². The van der Waals surface area contributed by atoms with Gasteiger partial charge in [0.1, 0.15) is 0 Å². The third-order valence-corrected chi connectivity index (χ3v) is 4.70. The van der Waals surface area contributed by atoms with Gasteiger partial charge in [0.2, 0.25) is 0 Å². The standard InChI is InChI=1S/C14H26N4O/c1-15-14(16-8-10-5-6-18(2)9-10)17-12-7-11-3-4-13(12)19-11/h10-13H,3-9H2,1-2H3,(H2,15,16,17). The summed E-state index contributed by atoms with van der Waals surface area (Å²) in [4.78, 5) is 6.74. The van der Waals surface area contributed by atoms with Crippen LogP contribution in [0.2, 0.25) is 0 Å². The van der Waals surface area contributed by atoms with E-state index >= 15 is 0 Å². The Morgan fingerprint density at radius 2 is 2.26 bits per heavy atom. The van der Waals surface area contributed by atoms with Gasteiger partial charge in [-0.25, -0.2) is 0 Å². The van der Waals surface area contributed by atoms with Crippen molar-refractivity contribution in [3.8, 4) is 0 Å². The zero-order chi connectivity index (χ0) is 13.2. The van der Waals surface area contributed by atoms with E-state index in [1.165, 1.54) is 32.4 Å². The van der Waals surface area contributed by atoms with Crippen LogP contribution in [0.3, 0.4) is 0 Å². The first-order valence-electron chi connectivity index (χ1n) is 7.56. The van der Waals surface area contributed by atoms with Gasteiger partial charge in [0.05, 0.1) is 18.2 Å². The molecule has 0 aromatic rings. The Morgan fingerprint density at radius 1 is 1.37 bits per heavy atom. The molecular formula is C14H26N4O. The first kappa shape index (κ1) is 13.2. The maximum atomic E-state index is 5.87. The van der Waals surface area contributed by atoms with Gasteiger partial charge in [-0.2, -0.15) is 0 Å². The van der Waals surface area contributed by atoms with E-state index in [1.54, 1.807) is 0 Å². The number of hydrogen-bond donors (Lipinski definition) is 2. The van der Waals surface area contributed by atoms with Crippen LogP contribution in [0, 0.1) is 5.92 Å². The van der Waals surface area contributed by atoms with E-state index in [2.05, 4.69) is 27.6 Å². The fourth-order valence-electron chi connectivity index (χ4n) is 3.59. The van der Waals surface area contributed by atoms with Crippen LogP contribution >= 0.6 is 0 Å². The Hall–Kier alpha value is -0.810. The van der Waals surface area contributed by atoms with Crippen molar-refractivity contribution >= 4 is 5.96 Å². The highest BCUT2D eigenvalue weighted by molar-refractivity contribution is 5.80. The number of ether oxygens (including phenoxy) is 1. The number of hydrogen-bond acceptors (Lipinski definition) is 3. The largest absolute Gasteiger partial charge is 0.373 e. The van der Waals surface area contributed by atoms with Crippen molar-refractivity contribution in [1.29, 1.82) is 0 Å². The fourth-order valence-corrected chi connectivity index (χ4v) is 3.59. The molecule has 2 N–H and O–H groups in total. The second-order valence-electron chi connectivity index (χ2n) is 6.23. The number of aliphatic imine (C=N–C) groups is 1. The number of guanidine groups is 1. The summed E-state index contributed by atoms with van der Waals surface area (Å²) in [7, 11) is 4.05. The average molecular weight is 266 g/mol. The predicted molar refractivity (Wildman–Crippen MR) is 76.4 cm³/mol. The lowest BCUT2D eigenvalue weighted by Gasteiger charge is -2.23. The highest BCUT2D eigenvalue weighted by atomic mass is 16.5. The van der Waals surface area contributed by atoms with Crippen molar-refractivity contribution < 1.29 is 4.74 Å². The third kappa shape index (κ3) is 3.03. The zero-order valence-corrected chi connectivity index (χ0v) is 12.1. The second-order valence-corrected chi connectivity index (χ2v) is 6.23. The van der Waals surface area contributed by atoms with E-state index in [-0.39, 0.29) is 0 Å². The number of fused-ring (bicyclic) bond motifs is 2. The van der Waals surface area contributed by atoms with Gasteiger partial charge in [-0.15, -0.1) is 0 Å². The van der Waals surface area contributed by atoms with Gasteiger partial charge in [-0.3, -0.25) is 4.99 Å². The van der Waals surface area contributed by atoms with E-state index in [0.717, 1.165) is 24.8 Å². The van der Waals surface area contributed by atoms with E-state index in [9.17, 15) is 0 Å². The van der Waals surface area contributed by atoms with Gasteiger partial charge >= 0.3 is 0 Å². The Morgan fingerprint density at radius 3 is 2.84 bits per heavy atom. The van der Waals surface area contributed by atoms with Gasteiger partial charge < -0.3 is 20.3 Å². The first-order valence-corrected chi connectivity index (χ1v) is 7.56. The molecule has 0 amide bonds. The lowest BCUT2D eigenvalue weighted by atomic mass is 9.96. The van der Waals surface area contributed by atoms with Crippen molar-refractivity contribution in [2.45, 2.75) is 43.9 Å². The third-order valence-electron chi connectivity index (χ3n) is 4.70. The van der Waals surface area contributed by atoms with Crippen molar-refractivity contribution in [2.24, 2.45) is 10.9 Å². The van der Waals surface area contributed by atoms with Crippen molar-refractivity contribution in [2.75, 3.05) is 33.7 Å². The summed E-state index contributed by atoms with van der Waals surface area (Å²) in [6.07, 6.45) is 5.76. The number of nitrogens with zero attached hydrogens (tertiary/aromatic N) is 2. The minimum Gasteiger partial charge on any atom is -0.373 e. The van der Waals surface area contributed by atoms with Gasteiger partial charge in [0, 0.05) is 20.1 Å². The summed E-state index contributed by atoms with van der Waals surface area (Å²) in [6.45, 7) is 3.44.